The Bertz CT molecular complexity index is 385. The Morgan fingerprint density at radius 1 is 1.56 bits per heavy atom. The number of amides is 1. The minimum atomic E-state index is 0.0877. The van der Waals surface area contributed by atoms with Crippen molar-refractivity contribution in [2.45, 2.75) is 19.9 Å². The van der Waals surface area contributed by atoms with Crippen molar-refractivity contribution >= 4 is 17.2 Å². The van der Waals surface area contributed by atoms with E-state index in [1.54, 1.807) is 11.3 Å². The highest BCUT2D eigenvalue weighted by Gasteiger charge is 2.12. The molecule has 0 unspecified atom stereocenters. The molecule has 100 valence electrons. The number of thiazole rings is 1. The van der Waals surface area contributed by atoms with Gasteiger partial charge in [0.15, 0.2) is 0 Å². The molecule has 1 amide bonds. The molecule has 1 aromatic heterocycles. The monoisotopic (exact) mass is 268 g/mol. The standard InChI is InChI=1S/C12H20N4OS/c1-10-9-18-12(15-10)7-14-11(17)8-16-5-2-3-13-4-6-16/h9,13H,2-8H2,1H3,(H,14,17). The third kappa shape index (κ3) is 4.36. The van der Waals surface area contributed by atoms with Crippen molar-refractivity contribution in [3.05, 3.63) is 16.1 Å². The van der Waals surface area contributed by atoms with Gasteiger partial charge in [0.05, 0.1) is 13.1 Å². The van der Waals surface area contributed by atoms with E-state index in [4.69, 9.17) is 0 Å². The molecule has 5 nitrogen and oxygen atoms in total. The first-order valence-electron chi connectivity index (χ1n) is 6.35. The molecule has 0 atom stereocenters. The molecule has 0 radical (unpaired) electrons. The molecule has 6 heteroatoms. The largest absolute Gasteiger partial charge is 0.348 e. The lowest BCUT2D eigenvalue weighted by molar-refractivity contribution is -0.122. The number of aromatic nitrogens is 1. The van der Waals surface area contributed by atoms with Gasteiger partial charge in [0.25, 0.3) is 0 Å². The highest BCUT2D eigenvalue weighted by molar-refractivity contribution is 7.09. The quantitative estimate of drug-likeness (QED) is 0.828. The number of aryl methyl sites for hydroxylation is 1. The van der Waals surface area contributed by atoms with Crippen LogP contribution in [0.3, 0.4) is 0 Å². The lowest BCUT2D eigenvalue weighted by atomic mass is 10.4. The number of hydrogen-bond donors (Lipinski definition) is 2. The van der Waals surface area contributed by atoms with Gasteiger partial charge in [0.2, 0.25) is 5.91 Å². The first kappa shape index (κ1) is 13.5. The SMILES string of the molecule is Cc1csc(CNC(=O)CN2CCCNCC2)n1. The van der Waals surface area contributed by atoms with Gasteiger partial charge in [-0.05, 0) is 26.4 Å². The highest BCUT2D eigenvalue weighted by atomic mass is 32.1. The van der Waals surface area contributed by atoms with E-state index in [1.807, 2.05) is 12.3 Å². The van der Waals surface area contributed by atoms with Crippen LogP contribution in [0.4, 0.5) is 0 Å². The van der Waals surface area contributed by atoms with Crippen molar-refractivity contribution < 1.29 is 4.79 Å². The summed E-state index contributed by atoms with van der Waals surface area (Å²) in [4.78, 5) is 18.3. The number of hydrogen-bond acceptors (Lipinski definition) is 5. The van der Waals surface area contributed by atoms with Crippen LogP contribution in [0.5, 0.6) is 0 Å². The molecule has 0 saturated carbocycles. The predicted molar refractivity (Wildman–Crippen MR) is 72.6 cm³/mol. The highest BCUT2D eigenvalue weighted by Crippen LogP contribution is 2.07. The number of carbonyl (C=O) groups excluding carboxylic acids is 1. The van der Waals surface area contributed by atoms with Crippen molar-refractivity contribution in [1.29, 1.82) is 0 Å². The van der Waals surface area contributed by atoms with Gasteiger partial charge in [0, 0.05) is 24.2 Å². The second-order valence-electron chi connectivity index (χ2n) is 4.54. The second-order valence-corrected chi connectivity index (χ2v) is 5.48. The Kier molecular flexibility index (Phi) is 5.10. The molecule has 1 aliphatic heterocycles. The van der Waals surface area contributed by atoms with E-state index in [-0.39, 0.29) is 5.91 Å². The maximum absolute atomic E-state index is 11.8. The molecule has 0 aliphatic carbocycles. The first-order valence-corrected chi connectivity index (χ1v) is 7.23. The zero-order valence-corrected chi connectivity index (χ0v) is 11.6. The summed E-state index contributed by atoms with van der Waals surface area (Å²) < 4.78 is 0. The Labute approximate surface area is 112 Å². The number of carbonyl (C=O) groups is 1. The van der Waals surface area contributed by atoms with Crippen LogP contribution in [0.2, 0.25) is 0 Å². The molecule has 2 heterocycles. The molecule has 0 aromatic carbocycles. The van der Waals surface area contributed by atoms with Crippen LogP contribution in [-0.2, 0) is 11.3 Å². The van der Waals surface area contributed by atoms with Gasteiger partial charge in [-0.25, -0.2) is 4.98 Å². The van der Waals surface area contributed by atoms with Crippen molar-refractivity contribution in [2.75, 3.05) is 32.7 Å². The maximum Gasteiger partial charge on any atom is 0.234 e. The summed E-state index contributed by atoms with van der Waals surface area (Å²) in [7, 11) is 0. The Morgan fingerprint density at radius 3 is 3.22 bits per heavy atom. The molecule has 1 aromatic rings. The van der Waals surface area contributed by atoms with Crippen molar-refractivity contribution in [1.82, 2.24) is 20.5 Å². The van der Waals surface area contributed by atoms with Gasteiger partial charge < -0.3 is 10.6 Å². The van der Waals surface area contributed by atoms with Crippen molar-refractivity contribution in [3.63, 3.8) is 0 Å². The fourth-order valence-corrected chi connectivity index (χ4v) is 2.69. The third-order valence-corrected chi connectivity index (χ3v) is 3.87. The van der Waals surface area contributed by atoms with Crippen LogP contribution in [0, 0.1) is 6.92 Å². The summed E-state index contributed by atoms with van der Waals surface area (Å²) in [5, 5.41) is 9.23. The van der Waals surface area contributed by atoms with Gasteiger partial charge in [-0.3, -0.25) is 9.69 Å². The number of nitrogens with one attached hydrogen (secondary N) is 2. The van der Waals surface area contributed by atoms with Gasteiger partial charge >= 0.3 is 0 Å². The van der Waals surface area contributed by atoms with Crippen LogP contribution < -0.4 is 10.6 Å². The van der Waals surface area contributed by atoms with Crippen molar-refractivity contribution in [2.24, 2.45) is 0 Å². The van der Waals surface area contributed by atoms with Crippen LogP contribution >= 0.6 is 11.3 Å². The fraction of sp³-hybridized carbons (Fsp3) is 0.667. The molecule has 1 fully saturated rings. The fourth-order valence-electron chi connectivity index (χ4n) is 1.98. The van der Waals surface area contributed by atoms with E-state index in [9.17, 15) is 4.79 Å². The lowest BCUT2D eigenvalue weighted by Crippen LogP contribution is -2.38. The molecule has 2 N–H and O–H groups in total. The minimum Gasteiger partial charge on any atom is -0.348 e. The van der Waals surface area contributed by atoms with Crippen LogP contribution in [-0.4, -0.2) is 48.5 Å². The number of rotatable bonds is 4. The summed E-state index contributed by atoms with van der Waals surface area (Å²) in [5.41, 5.74) is 1.02. The van der Waals surface area contributed by atoms with Crippen LogP contribution in [0.25, 0.3) is 0 Å². The minimum absolute atomic E-state index is 0.0877. The molecular formula is C12H20N4OS. The maximum atomic E-state index is 11.8. The van der Waals surface area contributed by atoms with E-state index in [1.165, 1.54) is 0 Å². The molecule has 1 aliphatic rings. The molecule has 2 rings (SSSR count). The van der Waals surface area contributed by atoms with E-state index >= 15 is 0 Å². The average Bonchev–Trinajstić information content (AvgIpc) is 2.60. The van der Waals surface area contributed by atoms with E-state index in [0.29, 0.717) is 13.1 Å². The summed E-state index contributed by atoms with van der Waals surface area (Å²) in [6.45, 7) is 6.97. The van der Waals surface area contributed by atoms with Gasteiger partial charge in [0.1, 0.15) is 5.01 Å². The first-order chi connectivity index (χ1) is 8.74. The van der Waals surface area contributed by atoms with Crippen LogP contribution in [0.1, 0.15) is 17.1 Å². The predicted octanol–water partition coefficient (Wildman–Crippen LogP) is 0.363. The normalized spacial score (nSPS) is 17.4. The van der Waals surface area contributed by atoms with Gasteiger partial charge in [-0.2, -0.15) is 0 Å². The zero-order valence-electron chi connectivity index (χ0n) is 10.7. The van der Waals surface area contributed by atoms with Crippen molar-refractivity contribution in [3.8, 4) is 0 Å². The van der Waals surface area contributed by atoms with Gasteiger partial charge in [-0.15, -0.1) is 11.3 Å². The summed E-state index contributed by atoms with van der Waals surface area (Å²) in [6.07, 6.45) is 1.11. The average molecular weight is 268 g/mol. The van der Waals surface area contributed by atoms with Crippen LogP contribution in [0.15, 0.2) is 5.38 Å². The zero-order chi connectivity index (χ0) is 12.8. The molecule has 18 heavy (non-hydrogen) atoms. The molecule has 0 spiro atoms. The smallest absolute Gasteiger partial charge is 0.234 e. The van der Waals surface area contributed by atoms with Gasteiger partial charge in [-0.1, -0.05) is 0 Å². The number of nitrogens with zero attached hydrogens (tertiary/aromatic N) is 2. The van der Waals surface area contributed by atoms with E-state index in [2.05, 4.69) is 20.5 Å². The topological polar surface area (TPSA) is 57.3 Å². The third-order valence-electron chi connectivity index (χ3n) is 2.90. The Hall–Kier alpha value is -0.980. The Morgan fingerprint density at radius 2 is 2.44 bits per heavy atom. The summed E-state index contributed by atoms with van der Waals surface area (Å²) in [5.74, 6) is 0.0877. The summed E-state index contributed by atoms with van der Waals surface area (Å²) >= 11 is 1.59. The molecule has 1 saturated heterocycles. The van der Waals surface area contributed by atoms with E-state index in [0.717, 1.165) is 43.3 Å². The molecular weight excluding hydrogens is 248 g/mol. The molecule has 0 bridgehead atoms. The summed E-state index contributed by atoms with van der Waals surface area (Å²) in [6, 6.07) is 0. The lowest BCUT2D eigenvalue weighted by Gasteiger charge is -2.18. The van der Waals surface area contributed by atoms with E-state index < -0.39 is 0 Å². The second kappa shape index (κ2) is 6.82. The Balaban J connectivity index is 1.71.